The number of nitrogens with one attached hydrogen (secondary N) is 2. The van der Waals surface area contributed by atoms with Crippen molar-refractivity contribution in [2.24, 2.45) is 16.8 Å². The molecule has 0 radical (unpaired) electrons. The molecule has 8 heteroatoms. The Bertz CT molecular complexity index is 545. The molecule has 1 aromatic carbocycles. The van der Waals surface area contributed by atoms with Crippen LogP contribution in [-0.2, 0) is 0 Å². The number of amidine groups is 1. The van der Waals surface area contributed by atoms with Gasteiger partial charge in [0.15, 0.2) is 0 Å². The molecule has 1 aliphatic rings. The molecule has 0 heterocycles. The van der Waals surface area contributed by atoms with Crippen LogP contribution in [0.1, 0.15) is 19.3 Å². The highest BCUT2D eigenvalue weighted by Gasteiger charge is 2.31. The van der Waals surface area contributed by atoms with Gasteiger partial charge in [0, 0.05) is 27.7 Å². The predicted octanol–water partition coefficient (Wildman–Crippen LogP) is 3.03. The van der Waals surface area contributed by atoms with Gasteiger partial charge in [-0.1, -0.05) is 34.8 Å². The molecule has 2 unspecified atom stereocenters. The second-order valence-corrected chi connectivity index (χ2v) is 5.80. The lowest BCUT2D eigenvalue weighted by Crippen LogP contribution is -2.44. The number of amides is 2. The number of nitrogens with two attached hydrogens (primary N) is 1. The minimum absolute atomic E-state index is 0.142. The van der Waals surface area contributed by atoms with Crippen molar-refractivity contribution in [2.75, 3.05) is 5.32 Å². The van der Waals surface area contributed by atoms with Crippen LogP contribution in [0.25, 0.3) is 0 Å². The molecule has 1 aromatic rings. The Morgan fingerprint density at radius 3 is 2.57 bits per heavy atom. The zero-order valence-corrected chi connectivity index (χ0v) is 12.7. The van der Waals surface area contributed by atoms with Crippen molar-refractivity contribution in [1.29, 1.82) is 0 Å². The second-order valence-electron chi connectivity index (χ2n) is 4.93. The molecular formula is C13H16Cl2N4O2. The molecular weight excluding hydrogens is 315 g/mol. The zero-order chi connectivity index (χ0) is 15.4. The second kappa shape index (κ2) is 6.87. The number of oxime groups is 1. The molecule has 5 N–H and O–H groups in total. The molecule has 0 spiro atoms. The Morgan fingerprint density at radius 1 is 1.29 bits per heavy atom. The van der Waals surface area contributed by atoms with Crippen LogP contribution in [0.4, 0.5) is 10.5 Å². The van der Waals surface area contributed by atoms with E-state index in [1.807, 2.05) is 0 Å². The van der Waals surface area contributed by atoms with E-state index in [9.17, 15) is 4.79 Å². The van der Waals surface area contributed by atoms with E-state index in [0.717, 1.165) is 19.3 Å². The number of hydrogen-bond donors (Lipinski definition) is 4. The first-order valence-corrected chi connectivity index (χ1v) is 7.26. The molecule has 0 aliphatic heterocycles. The summed E-state index contributed by atoms with van der Waals surface area (Å²) in [6.45, 7) is 0. The SMILES string of the molecule is N/C(=N/O)C1CCCC1NC(=O)Nc1cc(Cl)cc(Cl)c1. The van der Waals surface area contributed by atoms with E-state index in [0.29, 0.717) is 15.7 Å². The van der Waals surface area contributed by atoms with Crippen LogP contribution >= 0.6 is 23.2 Å². The maximum absolute atomic E-state index is 12.0. The maximum atomic E-state index is 12.0. The maximum Gasteiger partial charge on any atom is 0.319 e. The highest BCUT2D eigenvalue weighted by molar-refractivity contribution is 6.35. The monoisotopic (exact) mass is 330 g/mol. The number of carbonyl (C=O) groups is 1. The average Bonchev–Trinajstić information content (AvgIpc) is 2.84. The smallest absolute Gasteiger partial charge is 0.319 e. The summed E-state index contributed by atoms with van der Waals surface area (Å²) >= 11 is 11.7. The third-order valence-corrected chi connectivity index (χ3v) is 3.88. The number of rotatable bonds is 3. The van der Waals surface area contributed by atoms with Gasteiger partial charge in [0.25, 0.3) is 0 Å². The van der Waals surface area contributed by atoms with Crippen LogP contribution in [0.3, 0.4) is 0 Å². The molecule has 114 valence electrons. The predicted molar refractivity (Wildman–Crippen MR) is 83.2 cm³/mol. The molecule has 2 amide bonds. The van der Waals surface area contributed by atoms with Gasteiger partial charge in [0.2, 0.25) is 0 Å². The van der Waals surface area contributed by atoms with E-state index in [4.69, 9.17) is 34.1 Å². The fraction of sp³-hybridized carbons (Fsp3) is 0.385. The number of nitrogens with zero attached hydrogens (tertiary/aromatic N) is 1. The molecule has 1 saturated carbocycles. The molecule has 0 saturated heterocycles. The summed E-state index contributed by atoms with van der Waals surface area (Å²) in [6, 6.07) is 4.25. The third-order valence-electron chi connectivity index (χ3n) is 3.45. The first-order valence-electron chi connectivity index (χ1n) is 6.50. The van der Waals surface area contributed by atoms with E-state index in [-0.39, 0.29) is 23.8 Å². The van der Waals surface area contributed by atoms with Crippen LogP contribution in [0.15, 0.2) is 23.4 Å². The van der Waals surface area contributed by atoms with Crippen LogP contribution < -0.4 is 16.4 Å². The molecule has 1 fully saturated rings. The first kappa shape index (κ1) is 15.7. The van der Waals surface area contributed by atoms with Gasteiger partial charge in [0.05, 0.1) is 0 Å². The van der Waals surface area contributed by atoms with Gasteiger partial charge in [0.1, 0.15) is 5.84 Å². The van der Waals surface area contributed by atoms with Crippen LogP contribution in [0, 0.1) is 5.92 Å². The number of benzene rings is 1. The van der Waals surface area contributed by atoms with Gasteiger partial charge >= 0.3 is 6.03 Å². The molecule has 1 aliphatic carbocycles. The number of hydrogen-bond acceptors (Lipinski definition) is 3. The summed E-state index contributed by atoms with van der Waals surface area (Å²) in [4.78, 5) is 12.0. The third kappa shape index (κ3) is 4.15. The molecule has 6 nitrogen and oxygen atoms in total. The minimum Gasteiger partial charge on any atom is -0.409 e. The van der Waals surface area contributed by atoms with E-state index in [1.165, 1.54) is 0 Å². The van der Waals surface area contributed by atoms with E-state index in [1.54, 1.807) is 18.2 Å². The molecule has 21 heavy (non-hydrogen) atoms. The van der Waals surface area contributed by atoms with Gasteiger partial charge in [-0.05, 0) is 31.0 Å². The van der Waals surface area contributed by atoms with Crippen molar-refractivity contribution in [1.82, 2.24) is 5.32 Å². The lowest BCUT2D eigenvalue weighted by Gasteiger charge is -2.20. The summed E-state index contributed by atoms with van der Waals surface area (Å²) in [5, 5.41) is 18.1. The Balaban J connectivity index is 1.98. The van der Waals surface area contributed by atoms with Gasteiger partial charge < -0.3 is 21.6 Å². The van der Waals surface area contributed by atoms with E-state index >= 15 is 0 Å². The quantitative estimate of drug-likeness (QED) is 0.296. The molecule has 2 rings (SSSR count). The summed E-state index contributed by atoms with van der Waals surface area (Å²) in [7, 11) is 0. The molecule has 2 atom stereocenters. The summed E-state index contributed by atoms with van der Waals surface area (Å²) < 4.78 is 0. The number of urea groups is 1. The Kier molecular flexibility index (Phi) is 5.14. The van der Waals surface area contributed by atoms with Gasteiger partial charge in [-0.3, -0.25) is 0 Å². The minimum atomic E-state index is -0.379. The topological polar surface area (TPSA) is 99.7 Å². The van der Waals surface area contributed by atoms with Gasteiger partial charge in [-0.2, -0.15) is 0 Å². The van der Waals surface area contributed by atoms with Crippen molar-refractivity contribution in [3.05, 3.63) is 28.2 Å². The molecule has 0 bridgehead atoms. The lowest BCUT2D eigenvalue weighted by molar-refractivity contribution is 0.247. The fourth-order valence-electron chi connectivity index (χ4n) is 2.52. The van der Waals surface area contributed by atoms with Crippen molar-refractivity contribution < 1.29 is 10.0 Å². The molecule has 0 aromatic heterocycles. The van der Waals surface area contributed by atoms with Crippen molar-refractivity contribution >= 4 is 40.8 Å². The fourth-order valence-corrected chi connectivity index (χ4v) is 3.05. The number of halogens is 2. The van der Waals surface area contributed by atoms with Gasteiger partial charge in [-0.25, -0.2) is 4.79 Å². The van der Waals surface area contributed by atoms with Crippen LogP contribution in [0.5, 0.6) is 0 Å². The highest BCUT2D eigenvalue weighted by atomic mass is 35.5. The normalized spacial score (nSPS) is 22.1. The standard InChI is InChI=1S/C13H16Cl2N4O2/c14-7-4-8(15)6-9(5-7)17-13(20)18-11-3-1-2-10(11)12(16)19-21/h4-6,10-11,21H,1-3H2,(H2,16,19)(H2,17,18,20). The summed E-state index contributed by atoms with van der Waals surface area (Å²) in [5.74, 6) is -0.00713. The zero-order valence-electron chi connectivity index (χ0n) is 11.1. The first-order chi connectivity index (χ1) is 9.99. The number of carbonyl (C=O) groups excluding carboxylic acids is 1. The van der Waals surface area contributed by atoms with Crippen molar-refractivity contribution in [3.63, 3.8) is 0 Å². The van der Waals surface area contributed by atoms with Crippen molar-refractivity contribution in [2.45, 2.75) is 25.3 Å². The van der Waals surface area contributed by atoms with Crippen LogP contribution in [0.2, 0.25) is 10.0 Å². The average molecular weight is 331 g/mol. The summed E-state index contributed by atoms with van der Waals surface area (Å²) in [5.41, 5.74) is 6.13. The Morgan fingerprint density at radius 2 is 1.95 bits per heavy atom. The Hall–Kier alpha value is -1.66. The Labute approximate surface area is 132 Å². The summed E-state index contributed by atoms with van der Waals surface area (Å²) in [6.07, 6.45) is 2.48. The highest BCUT2D eigenvalue weighted by Crippen LogP contribution is 2.26. The largest absolute Gasteiger partial charge is 0.409 e. The van der Waals surface area contributed by atoms with Crippen LogP contribution in [-0.4, -0.2) is 23.1 Å². The van der Waals surface area contributed by atoms with E-state index < -0.39 is 0 Å². The van der Waals surface area contributed by atoms with E-state index in [2.05, 4.69) is 15.8 Å². The lowest BCUT2D eigenvalue weighted by atomic mass is 10.0. The van der Waals surface area contributed by atoms with Gasteiger partial charge in [-0.15, -0.1) is 0 Å². The number of anilines is 1. The van der Waals surface area contributed by atoms with Crippen molar-refractivity contribution in [3.8, 4) is 0 Å².